The lowest BCUT2D eigenvalue weighted by Crippen LogP contribution is -2.40. The molecule has 1 atom stereocenters. The van der Waals surface area contributed by atoms with E-state index in [1.54, 1.807) is 0 Å². The second kappa shape index (κ2) is 5.18. The zero-order valence-electron chi connectivity index (χ0n) is 7.69. The van der Waals surface area contributed by atoms with Crippen molar-refractivity contribution in [1.82, 2.24) is 4.90 Å². The number of carboxylic acids is 1. The van der Waals surface area contributed by atoms with E-state index in [0.717, 1.165) is 4.90 Å². The van der Waals surface area contributed by atoms with Gasteiger partial charge < -0.3 is 9.84 Å². The molecule has 1 N–H and O–H groups in total. The molecule has 0 unspecified atom stereocenters. The summed E-state index contributed by atoms with van der Waals surface area (Å²) >= 11 is 0. The predicted molar refractivity (Wildman–Crippen MR) is 46.4 cm³/mol. The molecule has 0 heterocycles. The van der Waals surface area contributed by atoms with E-state index in [9.17, 15) is 9.59 Å². The molecule has 0 aliphatic rings. The summed E-state index contributed by atoms with van der Waals surface area (Å²) in [5.74, 6) is -1.07. The Hall–Kier alpha value is -1.52. The molecule has 0 bridgehead atoms. The molecule has 0 radical (unpaired) electrons. The number of ether oxygens (including phenoxy) is 1. The Labute approximate surface area is 76.6 Å². The first-order valence-corrected chi connectivity index (χ1v) is 3.74. The summed E-state index contributed by atoms with van der Waals surface area (Å²) in [7, 11) is 1.37. The highest BCUT2D eigenvalue weighted by atomic mass is 16.6. The molecule has 0 spiro atoms. The third-order valence-corrected chi connectivity index (χ3v) is 1.55. The van der Waals surface area contributed by atoms with Gasteiger partial charge in [0, 0.05) is 7.05 Å². The number of nitrogens with zero attached hydrogens (tertiary/aromatic N) is 1. The van der Waals surface area contributed by atoms with Crippen molar-refractivity contribution < 1.29 is 19.4 Å². The number of rotatable bonds is 4. The molecule has 1 amide bonds. The first-order valence-electron chi connectivity index (χ1n) is 3.74. The highest BCUT2D eigenvalue weighted by Gasteiger charge is 2.22. The minimum atomic E-state index is -1.07. The molecule has 0 fully saturated rings. The van der Waals surface area contributed by atoms with Crippen LogP contribution >= 0.6 is 0 Å². The number of hydrogen-bond acceptors (Lipinski definition) is 3. The van der Waals surface area contributed by atoms with Crippen LogP contribution in [0.2, 0.25) is 0 Å². The third-order valence-electron chi connectivity index (χ3n) is 1.55. The van der Waals surface area contributed by atoms with Gasteiger partial charge in [-0.1, -0.05) is 12.7 Å². The largest absolute Gasteiger partial charge is 0.480 e. The van der Waals surface area contributed by atoms with Crippen LogP contribution in [0.3, 0.4) is 0 Å². The van der Waals surface area contributed by atoms with Crippen LogP contribution in [0.25, 0.3) is 0 Å². The van der Waals surface area contributed by atoms with Gasteiger partial charge in [0.1, 0.15) is 12.6 Å². The topological polar surface area (TPSA) is 66.8 Å². The van der Waals surface area contributed by atoms with Crippen molar-refractivity contribution in [2.45, 2.75) is 13.0 Å². The predicted octanol–water partition coefficient (Wildman–Crippen LogP) is 0.714. The molecule has 13 heavy (non-hydrogen) atoms. The number of carbonyl (C=O) groups is 2. The summed E-state index contributed by atoms with van der Waals surface area (Å²) in [6.45, 7) is 4.84. The Morgan fingerprint density at radius 2 is 2.23 bits per heavy atom. The van der Waals surface area contributed by atoms with E-state index in [-0.39, 0.29) is 6.61 Å². The molecule has 0 aliphatic carbocycles. The first kappa shape index (κ1) is 11.5. The Kier molecular flexibility index (Phi) is 4.58. The van der Waals surface area contributed by atoms with E-state index >= 15 is 0 Å². The van der Waals surface area contributed by atoms with Gasteiger partial charge in [0.2, 0.25) is 0 Å². The number of carboxylic acid groups (broad SMARTS) is 1. The molecule has 5 heteroatoms. The van der Waals surface area contributed by atoms with E-state index in [0.29, 0.717) is 0 Å². The number of aliphatic carboxylic acids is 1. The molecular formula is C8H13NO4. The maximum Gasteiger partial charge on any atom is 0.410 e. The van der Waals surface area contributed by atoms with Crippen molar-refractivity contribution in [2.24, 2.45) is 0 Å². The molecule has 0 rings (SSSR count). The van der Waals surface area contributed by atoms with Crippen LogP contribution in [0.1, 0.15) is 6.92 Å². The van der Waals surface area contributed by atoms with E-state index < -0.39 is 18.1 Å². The average Bonchev–Trinajstić information content (AvgIpc) is 2.11. The molecule has 0 aromatic rings. The normalized spacial score (nSPS) is 11.5. The quantitative estimate of drug-likeness (QED) is 0.658. The number of amides is 1. The number of likely N-dealkylation sites (N-methyl/N-ethyl adjacent to an activating group) is 1. The lowest BCUT2D eigenvalue weighted by molar-refractivity contribution is -0.141. The zero-order chi connectivity index (χ0) is 10.4. The zero-order valence-corrected chi connectivity index (χ0v) is 7.69. The van der Waals surface area contributed by atoms with Crippen molar-refractivity contribution in [1.29, 1.82) is 0 Å². The Morgan fingerprint density at radius 3 is 2.62 bits per heavy atom. The molecule has 74 valence electrons. The van der Waals surface area contributed by atoms with Crippen LogP contribution in [0.15, 0.2) is 12.7 Å². The summed E-state index contributed by atoms with van der Waals surface area (Å²) in [6.07, 6.45) is 0.742. The fraction of sp³-hybridized carbons (Fsp3) is 0.500. The van der Waals surface area contributed by atoms with Crippen molar-refractivity contribution >= 4 is 12.1 Å². The summed E-state index contributed by atoms with van der Waals surface area (Å²) in [5.41, 5.74) is 0. The molecule has 0 saturated heterocycles. The van der Waals surface area contributed by atoms with Crippen molar-refractivity contribution in [3.8, 4) is 0 Å². The molecule has 0 aromatic heterocycles. The van der Waals surface area contributed by atoms with Gasteiger partial charge in [-0.15, -0.1) is 0 Å². The van der Waals surface area contributed by atoms with Crippen LogP contribution in [-0.4, -0.2) is 41.8 Å². The van der Waals surface area contributed by atoms with Crippen LogP contribution in [0, 0.1) is 0 Å². The van der Waals surface area contributed by atoms with Gasteiger partial charge in [0.25, 0.3) is 0 Å². The third kappa shape index (κ3) is 3.59. The molecule has 5 nitrogen and oxygen atoms in total. The van der Waals surface area contributed by atoms with Crippen LogP contribution < -0.4 is 0 Å². The van der Waals surface area contributed by atoms with Crippen LogP contribution in [0.5, 0.6) is 0 Å². The summed E-state index contributed by atoms with van der Waals surface area (Å²) in [5, 5.41) is 8.56. The fourth-order valence-electron chi connectivity index (χ4n) is 0.556. The fourth-order valence-corrected chi connectivity index (χ4v) is 0.556. The molecule has 0 aromatic carbocycles. The summed E-state index contributed by atoms with van der Waals surface area (Å²) in [6, 6.07) is -0.891. The Morgan fingerprint density at radius 1 is 1.69 bits per heavy atom. The van der Waals surface area contributed by atoms with Gasteiger partial charge in [-0.2, -0.15) is 0 Å². The van der Waals surface area contributed by atoms with Crippen molar-refractivity contribution in [3.63, 3.8) is 0 Å². The minimum Gasteiger partial charge on any atom is -0.480 e. The van der Waals surface area contributed by atoms with Crippen LogP contribution in [0.4, 0.5) is 4.79 Å². The summed E-state index contributed by atoms with van der Waals surface area (Å²) in [4.78, 5) is 22.5. The monoisotopic (exact) mass is 187 g/mol. The smallest absolute Gasteiger partial charge is 0.410 e. The molecule has 0 aliphatic heterocycles. The van der Waals surface area contributed by atoms with Gasteiger partial charge in [0.05, 0.1) is 0 Å². The van der Waals surface area contributed by atoms with Gasteiger partial charge >= 0.3 is 12.1 Å². The second-order valence-electron chi connectivity index (χ2n) is 2.49. The minimum absolute atomic E-state index is 0.0789. The SMILES string of the molecule is C=CCOC(=O)N(C)[C@@H](C)C(=O)O. The first-order chi connectivity index (χ1) is 6.00. The molecule has 0 saturated carbocycles. The highest BCUT2D eigenvalue weighted by molar-refractivity contribution is 5.79. The van der Waals surface area contributed by atoms with Crippen LogP contribution in [-0.2, 0) is 9.53 Å². The van der Waals surface area contributed by atoms with Gasteiger partial charge in [-0.05, 0) is 6.92 Å². The standard InChI is InChI=1S/C8H13NO4/c1-4-5-13-8(12)9(3)6(2)7(10)11/h4,6H,1,5H2,2-3H3,(H,10,11)/t6-/m0/s1. The second-order valence-corrected chi connectivity index (χ2v) is 2.49. The lowest BCUT2D eigenvalue weighted by atomic mass is 10.3. The maximum atomic E-state index is 11.0. The van der Waals surface area contributed by atoms with E-state index in [1.807, 2.05) is 0 Å². The Balaban J connectivity index is 4.08. The van der Waals surface area contributed by atoms with E-state index in [4.69, 9.17) is 5.11 Å². The van der Waals surface area contributed by atoms with Gasteiger partial charge in [-0.3, -0.25) is 4.90 Å². The number of hydrogen-bond donors (Lipinski definition) is 1. The van der Waals surface area contributed by atoms with Crippen molar-refractivity contribution in [2.75, 3.05) is 13.7 Å². The van der Waals surface area contributed by atoms with Gasteiger partial charge in [-0.25, -0.2) is 9.59 Å². The van der Waals surface area contributed by atoms with Gasteiger partial charge in [0.15, 0.2) is 0 Å². The van der Waals surface area contributed by atoms with E-state index in [1.165, 1.54) is 20.0 Å². The van der Waals surface area contributed by atoms with E-state index in [2.05, 4.69) is 11.3 Å². The number of carbonyl (C=O) groups excluding carboxylic acids is 1. The summed E-state index contributed by atoms with van der Waals surface area (Å²) < 4.78 is 4.63. The molecular weight excluding hydrogens is 174 g/mol. The Bertz CT molecular complexity index is 214. The van der Waals surface area contributed by atoms with Crippen molar-refractivity contribution in [3.05, 3.63) is 12.7 Å². The average molecular weight is 187 g/mol. The lowest BCUT2D eigenvalue weighted by Gasteiger charge is -2.20. The maximum absolute atomic E-state index is 11.0. The highest BCUT2D eigenvalue weighted by Crippen LogP contribution is 1.98.